The number of nitrogens with one attached hydrogen (secondary N) is 1. The first-order valence-electron chi connectivity index (χ1n) is 39.0. The van der Waals surface area contributed by atoms with Crippen molar-refractivity contribution in [3.05, 3.63) is 461 Å². The number of hydrogen-bond donors (Lipinski definition) is 2. The predicted molar refractivity (Wildman–Crippen MR) is 481 cm³/mol. The summed E-state index contributed by atoms with van der Waals surface area (Å²) in [6.45, 7) is 0. The lowest BCUT2D eigenvalue weighted by Crippen LogP contribution is -2.26. The molecule has 0 bridgehead atoms. The third-order valence-electron chi connectivity index (χ3n) is 24.6. The molecule has 0 heterocycles. The van der Waals surface area contributed by atoms with Crippen LogP contribution >= 0.6 is 15.9 Å². The molecule has 4 aliphatic carbocycles. The van der Waals surface area contributed by atoms with E-state index in [1.807, 2.05) is 0 Å². The highest BCUT2D eigenvalue weighted by molar-refractivity contribution is 9.10. The summed E-state index contributed by atoms with van der Waals surface area (Å²) in [5.74, 6) is 0. The molecule has 113 heavy (non-hydrogen) atoms. The molecule has 20 aromatic rings. The molecule has 3 N–H and O–H groups in total. The van der Waals surface area contributed by atoms with Crippen molar-refractivity contribution in [2.24, 2.45) is 0 Å². The highest BCUT2D eigenvalue weighted by atomic mass is 79.9. The van der Waals surface area contributed by atoms with E-state index in [2.05, 4.69) is 434 Å². The average molecular weight is 1500 g/mol. The second-order valence-corrected chi connectivity index (χ2v) is 31.3. The molecule has 0 atom stereocenters. The summed E-state index contributed by atoms with van der Waals surface area (Å²) in [6.07, 6.45) is 0. The lowest BCUT2D eigenvalue weighted by atomic mass is 9.70. The Morgan fingerprint density at radius 3 is 0.850 bits per heavy atom. The lowest BCUT2D eigenvalue weighted by molar-refractivity contribution is 0.794. The van der Waals surface area contributed by atoms with Crippen molar-refractivity contribution >= 4 is 97.6 Å². The monoisotopic (exact) mass is 1500 g/mol. The molecule has 20 aromatic carbocycles. The number of fused-ring (bicyclic) bond motifs is 32. The highest BCUT2D eigenvalue weighted by Gasteiger charge is 2.53. The standard InChI is InChI=1S/C55H35N.C37H25N.C18H11Br/c1-2-14-35(15-3-1)36-26-28-37(29-27-36)47-33-49-46-22-10-13-25-52(46)55(50-23-11-8-20-44(50)45-21-9-12-24-51(45)55)53(49)34-54(47)56-38-30-31-43-41-18-5-4-16-39(41)40-17-6-7-19-42(40)48(43)32-38;38-36-23-35-31(22-30(36)26-20-18-25(19-21-26)24-10-2-1-3-11-24)29-14-6-9-17-34(29)37(35)32-15-7-4-12-27(32)28-13-5-8-16-33(28)37;19-12-9-10-17-15-7-2-1-5-13(15)14-6-3-4-8-16(14)18(17)11-12/h1-34,56H;1-23H,38H2;1-11H. The van der Waals surface area contributed by atoms with Crippen LogP contribution in [0.25, 0.3) is 154 Å². The SMILES string of the molecule is Brc1ccc2c3ccccc3c3ccccc3c2c1.Nc1cc2c(cc1-c1ccc(-c3ccccc3)cc1)-c1ccccc1C21c2ccccc2-c2ccccc21.c1ccc(-c2ccc(-c3cc4c(cc3Nc3ccc5c6ccccc6c6ccccc6c5c3)C3(c5ccccc5-c5ccccc53)c3ccccc3-4)cc2)cc1. The van der Waals surface area contributed by atoms with Gasteiger partial charge in [-0.05, 0) is 236 Å². The Labute approximate surface area is 665 Å². The molecule has 4 aliphatic rings. The summed E-state index contributed by atoms with van der Waals surface area (Å²) < 4.78 is 1.13. The Morgan fingerprint density at radius 2 is 0.460 bits per heavy atom. The zero-order valence-corrected chi connectivity index (χ0v) is 63.3. The molecule has 2 nitrogen and oxygen atoms in total. The van der Waals surface area contributed by atoms with E-state index in [1.165, 1.54) is 187 Å². The average Bonchev–Trinajstić information content (AvgIpc) is 1.51. The van der Waals surface area contributed by atoms with Crippen LogP contribution in [0.3, 0.4) is 0 Å². The van der Waals surface area contributed by atoms with Gasteiger partial charge < -0.3 is 11.1 Å². The van der Waals surface area contributed by atoms with E-state index in [0.29, 0.717) is 0 Å². The van der Waals surface area contributed by atoms with Crippen molar-refractivity contribution in [1.82, 2.24) is 0 Å². The summed E-state index contributed by atoms with van der Waals surface area (Å²) >= 11 is 3.58. The van der Waals surface area contributed by atoms with E-state index in [1.54, 1.807) is 0 Å². The van der Waals surface area contributed by atoms with Crippen LogP contribution in [0.2, 0.25) is 0 Å². The maximum absolute atomic E-state index is 6.90. The normalized spacial score (nSPS) is 13.0. The van der Waals surface area contributed by atoms with Gasteiger partial charge >= 0.3 is 0 Å². The number of hydrogen-bond acceptors (Lipinski definition) is 2. The number of rotatable bonds is 6. The van der Waals surface area contributed by atoms with E-state index in [9.17, 15) is 0 Å². The third-order valence-corrected chi connectivity index (χ3v) is 25.1. The molecular weight excluding hydrogens is 1430 g/mol. The van der Waals surface area contributed by atoms with E-state index < -0.39 is 5.41 Å². The van der Waals surface area contributed by atoms with E-state index in [-0.39, 0.29) is 5.41 Å². The van der Waals surface area contributed by atoms with Crippen LogP contribution in [0.1, 0.15) is 44.5 Å². The first-order chi connectivity index (χ1) is 55.9. The molecule has 0 aromatic heterocycles. The Morgan fingerprint density at radius 1 is 0.186 bits per heavy atom. The quantitative estimate of drug-likeness (QED) is 0.129. The largest absolute Gasteiger partial charge is 0.398 e. The second-order valence-electron chi connectivity index (χ2n) is 30.3. The van der Waals surface area contributed by atoms with Crippen molar-refractivity contribution in [3.8, 4) is 89.0 Å². The molecular formula is C110H71BrN2. The Kier molecular flexibility index (Phi) is 15.4. The maximum atomic E-state index is 6.90. The van der Waals surface area contributed by atoms with Gasteiger partial charge in [-0.1, -0.05) is 380 Å². The number of benzene rings is 20. The maximum Gasteiger partial charge on any atom is 0.0726 e. The van der Waals surface area contributed by atoms with Crippen molar-refractivity contribution in [3.63, 3.8) is 0 Å². The van der Waals surface area contributed by atoms with Crippen LogP contribution in [0, 0.1) is 0 Å². The van der Waals surface area contributed by atoms with Gasteiger partial charge in [0.15, 0.2) is 0 Å². The van der Waals surface area contributed by atoms with Crippen LogP contribution in [0.5, 0.6) is 0 Å². The minimum Gasteiger partial charge on any atom is -0.398 e. The number of nitrogen functional groups attached to an aromatic ring is 1. The molecule has 0 aliphatic heterocycles. The van der Waals surface area contributed by atoms with E-state index in [4.69, 9.17) is 5.73 Å². The molecule has 0 saturated carbocycles. The van der Waals surface area contributed by atoms with Crippen molar-refractivity contribution < 1.29 is 0 Å². The molecule has 3 heteroatoms. The van der Waals surface area contributed by atoms with Gasteiger partial charge in [0.25, 0.3) is 0 Å². The number of halogens is 1. The second kappa shape index (κ2) is 26.4. The molecule has 528 valence electrons. The first kappa shape index (κ1) is 66.1. The van der Waals surface area contributed by atoms with Gasteiger partial charge in [0, 0.05) is 32.7 Å². The van der Waals surface area contributed by atoms with Crippen LogP contribution in [0.15, 0.2) is 417 Å². The van der Waals surface area contributed by atoms with Crippen LogP contribution in [-0.2, 0) is 10.8 Å². The van der Waals surface area contributed by atoms with Crippen molar-refractivity contribution in [2.45, 2.75) is 10.8 Å². The summed E-state index contributed by atoms with van der Waals surface area (Å²) in [6, 6.07) is 151. The van der Waals surface area contributed by atoms with Gasteiger partial charge in [-0.15, -0.1) is 0 Å². The molecule has 0 unspecified atom stereocenters. The Bertz CT molecular complexity index is 7120. The van der Waals surface area contributed by atoms with E-state index >= 15 is 0 Å². The molecule has 0 radical (unpaired) electrons. The van der Waals surface area contributed by atoms with Gasteiger partial charge in [0.1, 0.15) is 0 Å². The fourth-order valence-corrected chi connectivity index (χ4v) is 20.2. The minimum atomic E-state index is -0.427. The molecule has 0 fully saturated rings. The lowest BCUT2D eigenvalue weighted by Gasteiger charge is -2.31. The number of nitrogens with two attached hydrogens (primary N) is 1. The zero-order chi connectivity index (χ0) is 74.9. The topological polar surface area (TPSA) is 38.0 Å². The summed E-state index contributed by atoms with van der Waals surface area (Å²) in [5, 5.41) is 19.6. The minimum absolute atomic E-state index is 0.358. The van der Waals surface area contributed by atoms with Gasteiger partial charge in [-0.2, -0.15) is 0 Å². The van der Waals surface area contributed by atoms with Gasteiger partial charge in [-0.3, -0.25) is 0 Å². The van der Waals surface area contributed by atoms with Crippen molar-refractivity contribution in [1.29, 1.82) is 0 Å². The zero-order valence-electron chi connectivity index (χ0n) is 61.7. The van der Waals surface area contributed by atoms with Crippen LogP contribution in [0.4, 0.5) is 17.1 Å². The van der Waals surface area contributed by atoms with Crippen LogP contribution in [-0.4, -0.2) is 0 Å². The fourth-order valence-electron chi connectivity index (χ4n) is 19.9. The fraction of sp³-hybridized carbons (Fsp3) is 0.0182. The van der Waals surface area contributed by atoms with Crippen LogP contribution < -0.4 is 11.1 Å². The summed E-state index contributed by atoms with van der Waals surface area (Å²) in [4.78, 5) is 0. The van der Waals surface area contributed by atoms with E-state index in [0.717, 1.165) is 32.7 Å². The number of anilines is 3. The first-order valence-corrected chi connectivity index (χ1v) is 39.8. The van der Waals surface area contributed by atoms with Gasteiger partial charge in [-0.25, -0.2) is 0 Å². The molecule has 0 amide bonds. The predicted octanol–water partition coefficient (Wildman–Crippen LogP) is 29.4. The molecule has 2 spiro atoms. The third kappa shape index (κ3) is 10.2. The summed E-state index contributed by atoms with van der Waals surface area (Å²) in [7, 11) is 0. The van der Waals surface area contributed by atoms with Gasteiger partial charge in [0.05, 0.1) is 10.8 Å². The Balaban J connectivity index is 0.000000117. The van der Waals surface area contributed by atoms with Gasteiger partial charge in [0.2, 0.25) is 0 Å². The highest BCUT2D eigenvalue weighted by Crippen LogP contribution is 2.66. The Hall–Kier alpha value is -14.0. The van der Waals surface area contributed by atoms with Crippen molar-refractivity contribution in [2.75, 3.05) is 11.1 Å². The smallest absolute Gasteiger partial charge is 0.0726 e. The summed E-state index contributed by atoms with van der Waals surface area (Å²) in [5.41, 5.74) is 39.6. The molecule has 0 saturated heterocycles. The molecule has 24 rings (SSSR count).